The number of ether oxygens (including phenoxy) is 2. The van der Waals surface area contributed by atoms with Gasteiger partial charge >= 0.3 is 0 Å². The van der Waals surface area contributed by atoms with Gasteiger partial charge in [0.15, 0.2) is 6.61 Å². The highest BCUT2D eigenvalue weighted by atomic mass is 35.5. The Hall–Kier alpha value is -1.52. The van der Waals surface area contributed by atoms with E-state index in [4.69, 9.17) is 21.1 Å². The summed E-state index contributed by atoms with van der Waals surface area (Å²) in [6, 6.07) is 7.02. The highest BCUT2D eigenvalue weighted by Gasteiger charge is 2.04. The smallest absolute Gasteiger partial charge is 0.258 e. The molecule has 0 aromatic heterocycles. The summed E-state index contributed by atoms with van der Waals surface area (Å²) in [5, 5.41) is 3.17. The summed E-state index contributed by atoms with van der Waals surface area (Å²) in [4.78, 5) is 11.5. The predicted molar refractivity (Wildman–Crippen MR) is 75.6 cm³/mol. The maximum absolute atomic E-state index is 11.5. The van der Waals surface area contributed by atoms with Crippen molar-refractivity contribution < 1.29 is 14.3 Å². The SMILES string of the molecule is C=C(C)COCCNC(=O)COc1ccccc1Cl. The molecule has 0 spiro atoms. The van der Waals surface area contributed by atoms with Gasteiger partial charge in [-0.3, -0.25) is 4.79 Å². The molecule has 0 fully saturated rings. The molecule has 0 aliphatic rings. The van der Waals surface area contributed by atoms with E-state index in [1.165, 1.54) is 0 Å². The zero-order valence-corrected chi connectivity index (χ0v) is 11.7. The average Bonchev–Trinajstić information content (AvgIpc) is 2.37. The van der Waals surface area contributed by atoms with E-state index in [2.05, 4.69) is 11.9 Å². The normalized spacial score (nSPS) is 10.0. The van der Waals surface area contributed by atoms with Crippen LogP contribution in [0.1, 0.15) is 6.92 Å². The molecule has 0 aliphatic heterocycles. The number of hydrogen-bond acceptors (Lipinski definition) is 3. The average molecular weight is 284 g/mol. The fourth-order valence-corrected chi connectivity index (χ4v) is 1.46. The predicted octanol–water partition coefficient (Wildman–Crippen LogP) is 2.43. The summed E-state index contributed by atoms with van der Waals surface area (Å²) < 4.78 is 10.5. The molecule has 0 heterocycles. The van der Waals surface area contributed by atoms with Crippen LogP contribution in [0.5, 0.6) is 5.75 Å². The minimum Gasteiger partial charge on any atom is -0.482 e. The molecule has 104 valence electrons. The summed E-state index contributed by atoms with van der Waals surface area (Å²) in [6.45, 7) is 6.93. The van der Waals surface area contributed by atoms with Crippen molar-refractivity contribution in [3.63, 3.8) is 0 Å². The molecule has 1 rings (SSSR count). The Morgan fingerprint density at radius 3 is 2.79 bits per heavy atom. The molecule has 0 saturated heterocycles. The molecule has 19 heavy (non-hydrogen) atoms. The zero-order chi connectivity index (χ0) is 14.1. The van der Waals surface area contributed by atoms with Gasteiger partial charge in [0.05, 0.1) is 18.2 Å². The van der Waals surface area contributed by atoms with Crippen LogP contribution < -0.4 is 10.1 Å². The van der Waals surface area contributed by atoms with Crippen LogP contribution in [-0.4, -0.2) is 32.3 Å². The van der Waals surface area contributed by atoms with E-state index in [-0.39, 0.29) is 12.5 Å². The minimum absolute atomic E-state index is 0.0653. The highest BCUT2D eigenvalue weighted by molar-refractivity contribution is 6.32. The molecule has 4 nitrogen and oxygen atoms in total. The molecule has 1 aromatic rings. The monoisotopic (exact) mass is 283 g/mol. The van der Waals surface area contributed by atoms with Crippen molar-refractivity contribution in [1.29, 1.82) is 0 Å². The lowest BCUT2D eigenvalue weighted by molar-refractivity contribution is -0.123. The second kappa shape index (κ2) is 8.56. The van der Waals surface area contributed by atoms with Crippen LogP contribution in [-0.2, 0) is 9.53 Å². The Morgan fingerprint density at radius 1 is 1.37 bits per heavy atom. The van der Waals surface area contributed by atoms with Gasteiger partial charge in [0.1, 0.15) is 5.75 Å². The summed E-state index contributed by atoms with van der Waals surface area (Å²) in [5.74, 6) is 0.289. The van der Waals surface area contributed by atoms with Crippen LogP contribution in [0.3, 0.4) is 0 Å². The number of nitrogens with one attached hydrogen (secondary N) is 1. The van der Waals surface area contributed by atoms with E-state index in [9.17, 15) is 4.79 Å². The second-order valence-corrected chi connectivity index (χ2v) is 4.49. The van der Waals surface area contributed by atoms with E-state index < -0.39 is 0 Å². The van der Waals surface area contributed by atoms with Crippen LogP contribution in [0.4, 0.5) is 0 Å². The highest BCUT2D eigenvalue weighted by Crippen LogP contribution is 2.22. The van der Waals surface area contributed by atoms with Crippen molar-refractivity contribution in [2.75, 3.05) is 26.4 Å². The lowest BCUT2D eigenvalue weighted by Gasteiger charge is -2.09. The number of rotatable bonds is 8. The third kappa shape index (κ3) is 6.84. The number of halogens is 1. The Bertz CT molecular complexity index is 434. The fourth-order valence-electron chi connectivity index (χ4n) is 1.27. The molecule has 0 unspecified atom stereocenters. The van der Waals surface area contributed by atoms with Crippen molar-refractivity contribution in [3.8, 4) is 5.75 Å². The standard InChI is InChI=1S/C14H18ClNO3/c1-11(2)9-18-8-7-16-14(17)10-19-13-6-4-3-5-12(13)15/h3-6H,1,7-10H2,2H3,(H,16,17). The number of amides is 1. The quantitative estimate of drug-likeness (QED) is 0.589. The van der Waals surface area contributed by atoms with Gasteiger partial charge in [-0.15, -0.1) is 0 Å². The van der Waals surface area contributed by atoms with Gasteiger partial charge in [-0.1, -0.05) is 35.9 Å². The van der Waals surface area contributed by atoms with E-state index >= 15 is 0 Å². The van der Waals surface area contributed by atoms with Crippen LogP contribution in [0.15, 0.2) is 36.4 Å². The Kier molecular flexibility index (Phi) is 7.00. The van der Waals surface area contributed by atoms with Crippen molar-refractivity contribution in [3.05, 3.63) is 41.4 Å². The maximum Gasteiger partial charge on any atom is 0.258 e. The van der Waals surface area contributed by atoms with E-state index in [1.54, 1.807) is 24.3 Å². The molecular weight excluding hydrogens is 266 g/mol. The molecule has 0 radical (unpaired) electrons. The van der Waals surface area contributed by atoms with Gasteiger partial charge in [0.25, 0.3) is 5.91 Å². The summed E-state index contributed by atoms with van der Waals surface area (Å²) in [6.07, 6.45) is 0. The van der Waals surface area contributed by atoms with Crippen molar-refractivity contribution >= 4 is 17.5 Å². The van der Waals surface area contributed by atoms with Crippen molar-refractivity contribution in [1.82, 2.24) is 5.32 Å². The van der Waals surface area contributed by atoms with Crippen LogP contribution in [0.2, 0.25) is 5.02 Å². The Balaban J connectivity index is 2.15. The first-order valence-corrected chi connectivity index (χ1v) is 6.33. The number of benzene rings is 1. The van der Waals surface area contributed by atoms with Gasteiger partial charge in [0.2, 0.25) is 0 Å². The molecule has 0 aliphatic carbocycles. The van der Waals surface area contributed by atoms with Gasteiger partial charge in [0, 0.05) is 6.54 Å². The molecule has 0 atom stereocenters. The van der Waals surface area contributed by atoms with Crippen LogP contribution >= 0.6 is 11.6 Å². The minimum atomic E-state index is -0.209. The first kappa shape index (κ1) is 15.5. The summed E-state index contributed by atoms with van der Waals surface area (Å²) >= 11 is 5.90. The molecule has 5 heteroatoms. The third-order valence-corrected chi connectivity index (χ3v) is 2.42. The first-order chi connectivity index (χ1) is 9.09. The van der Waals surface area contributed by atoms with Gasteiger partial charge in [-0.05, 0) is 19.1 Å². The Labute approximate surface area is 118 Å². The summed E-state index contributed by atoms with van der Waals surface area (Å²) in [7, 11) is 0. The second-order valence-electron chi connectivity index (χ2n) is 4.08. The molecule has 0 bridgehead atoms. The van der Waals surface area contributed by atoms with Crippen molar-refractivity contribution in [2.24, 2.45) is 0 Å². The summed E-state index contributed by atoms with van der Waals surface area (Å²) in [5.41, 5.74) is 0.952. The third-order valence-electron chi connectivity index (χ3n) is 2.11. The lowest BCUT2D eigenvalue weighted by atomic mass is 10.3. The van der Waals surface area contributed by atoms with Gasteiger partial charge in [-0.2, -0.15) is 0 Å². The van der Waals surface area contributed by atoms with E-state index in [0.29, 0.717) is 30.5 Å². The van der Waals surface area contributed by atoms with Crippen LogP contribution in [0.25, 0.3) is 0 Å². The number of para-hydroxylation sites is 1. The maximum atomic E-state index is 11.5. The molecule has 1 amide bonds. The number of carbonyl (C=O) groups excluding carboxylic acids is 1. The molecule has 1 N–H and O–H groups in total. The zero-order valence-electron chi connectivity index (χ0n) is 10.9. The molecule has 1 aromatic carbocycles. The van der Waals surface area contributed by atoms with Crippen molar-refractivity contribution in [2.45, 2.75) is 6.92 Å². The largest absolute Gasteiger partial charge is 0.482 e. The van der Waals surface area contributed by atoms with Gasteiger partial charge < -0.3 is 14.8 Å². The Morgan fingerprint density at radius 2 is 2.11 bits per heavy atom. The number of carbonyl (C=O) groups is 1. The van der Waals surface area contributed by atoms with E-state index in [1.807, 2.05) is 6.92 Å². The fraction of sp³-hybridized carbons (Fsp3) is 0.357. The van der Waals surface area contributed by atoms with Gasteiger partial charge in [-0.25, -0.2) is 0 Å². The lowest BCUT2D eigenvalue weighted by Crippen LogP contribution is -2.31. The van der Waals surface area contributed by atoms with Crippen LogP contribution in [0, 0.1) is 0 Å². The number of hydrogen-bond donors (Lipinski definition) is 1. The molecule has 0 saturated carbocycles. The molecular formula is C14H18ClNO3. The topological polar surface area (TPSA) is 47.6 Å². The first-order valence-electron chi connectivity index (χ1n) is 5.95. The van der Waals surface area contributed by atoms with E-state index in [0.717, 1.165) is 5.57 Å².